The van der Waals surface area contributed by atoms with Crippen LogP contribution in [0.1, 0.15) is 21.5 Å². The van der Waals surface area contributed by atoms with E-state index < -0.39 is 5.97 Å². The minimum Gasteiger partial charge on any atom is -0.452 e. The summed E-state index contributed by atoms with van der Waals surface area (Å²) in [5.41, 5.74) is 1.74. The van der Waals surface area contributed by atoms with Crippen molar-refractivity contribution in [1.29, 1.82) is 5.26 Å². The van der Waals surface area contributed by atoms with Crippen molar-refractivity contribution in [2.75, 3.05) is 13.7 Å². The fourth-order valence-corrected chi connectivity index (χ4v) is 2.22. The number of amides is 1. The molecule has 0 bridgehead atoms. The zero-order valence-corrected chi connectivity index (χ0v) is 14.6. The molecule has 2 aromatic rings. The molecule has 24 heavy (non-hydrogen) atoms. The zero-order valence-electron chi connectivity index (χ0n) is 13.0. The lowest BCUT2D eigenvalue weighted by Gasteiger charge is -2.17. The van der Waals surface area contributed by atoms with Crippen LogP contribution in [-0.4, -0.2) is 30.4 Å². The first-order chi connectivity index (χ1) is 11.5. The average Bonchev–Trinajstić information content (AvgIpc) is 2.61. The second-order valence-corrected chi connectivity index (χ2v) is 6.06. The summed E-state index contributed by atoms with van der Waals surface area (Å²) in [6.07, 6.45) is 0. The Morgan fingerprint density at radius 1 is 1.12 bits per heavy atom. The van der Waals surface area contributed by atoms with E-state index in [1.807, 2.05) is 30.3 Å². The molecule has 0 aliphatic heterocycles. The molecule has 0 heterocycles. The summed E-state index contributed by atoms with van der Waals surface area (Å²) in [4.78, 5) is 25.4. The number of hydrogen-bond donors (Lipinski definition) is 0. The summed E-state index contributed by atoms with van der Waals surface area (Å²) in [5.74, 6) is -0.884. The first kappa shape index (κ1) is 17.7. The van der Waals surface area contributed by atoms with Crippen LogP contribution >= 0.6 is 15.9 Å². The molecule has 0 saturated heterocycles. The second kappa shape index (κ2) is 8.27. The third kappa shape index (κ3) is 4.93. The Kier molecular flexibility index (Phi) is 6.10. The molecule has 0 spiro atoms. The maximum atomic E-state index is 12.0. The number of nitriles is 1. The summed E-state index contributed by atoms with van der Waals surface area (Å²) in [7, 11) is 1.65. The molecule has 2 aromatic carbocycles. The van der Waals surface area contributed by atoms with E-state index in [9.17, 15) is 9.59 Å². The maximum absolute atomic E-state index is 12.0. The Morgan fingerprint density at radius 2 is 1.75 bits per heavy atom. The fourth-order valence-electron chi connectivity index (χ4n) is 1.95. The van der Waals surface area contributed by atoms with Crippen LogP contribution in [0.25, 0.3) is 0 Å². The van der Waals surface area contributed by atoms with Crippen LogP contribution in [0.2, 0.25) is 0 Å². The van der Waals surface area contributed by atoms with E-state index >= 15 is 0 Å². The SMILES string of the molecule is CN(Cc1ccc(Br)cc1)C(=O)COC(=O)c1ccc(C#N)cc1. The molecule has 0 unspecified atom stereocenters. The normalized spacial score (nSPS) is 9.88. The van der Waals surface area contributed by atoms with Crippen molar-refractivity contribution in [3.8, 4) is 6.07 Å². The van der Waals surface area contributed by atoms with E-state index in [-0.39, 0.29) is 12.5 Å². The zero-order chi connectivity index (χ0) is 17.5. The molecule has 0 aromatic heterocycles. The van der Waals surface area contributed by atoms with Crippen LogP contribution in [0, 0.1) is 11.3 Å². The highest BCUT2D eigenvalue weighted by Crippen LogP contribution is 2.12. The molecule has 0 N–H and O–H groups in total. The first-order valence-electron chi connectivity index (χ1n) is 7.15. The molecule has 0 saturated carbocycles. The molecule has 6 heteroatoms. The third-order valence-electron chi connectivity index (χ3n) is 3.34. The molecule has 122 valence electrons. The fraction of sp³-hybridized carbons (Fsp3) is 0.167. The summed E-state index contributed by atoms with van der Waals surface area (Å²) in [6, 6.07) is 15.6. The van der Waals surface area contributed by atoms with Gasteiger partial charge in [0.05, 0.1) is 17.2 Å². The molecule has 5 nitrogen and oxygen atoms in total. The lowest BCUT2D eigenvalue weighted by Crippen LogP contribution is -2.30. The number of halogens is 1. The van der Waals surface area contributed by atoms with Gasteiger partial charge in [-0.3, -0.25) is 4.79 Å². The van der Waals surface area contributed by atoms with Gasteiger partial charge in [-0.2, -0.15) is 5.26 Å². The minimum absolute atomic E-state index is 0.292. The van der Waals surface area contributed by atoms with E-state index in [2.05, 4.69) is 15.9 Å². The Morgan fingerprint density at radius 3 is 2.33 bits per heavy atom. The Balaban J connectivity index is 1.86. The van der Waals surface area contributed by atoms with Crippen molar-refractivity contribution < 1.29 is 14.3 Å². The van der Waals surface area contributed by atoms with Gasteiger partial charge in [0.1, 0.15) is 0 Å². The topological polar surface area (TPSA) is 70.4 Å². The van der Waals surface area contributed by atoms with Gasteiger partial charge in [0.25, 0.3) is 5.91 Å². The van der Waals surface area contributed by atoms with Gasteiger partial charge in [0, 0.05) is 18.1 Å². The summed E-state index contributed by atoms with van der Waals surface area (Å²) >= 11 is 3.36. The molecular weight excluding hydrogens is 372 g/mol. The highest BCUT2D eigenvalue weighted by atomic mass is 79.9. The Hall–Kier alpha value is -2.65. The van der Waals surface area contributed by atoms with Crippen LogP contribution in [0.4, 0.5) is 0 Å². The highest BCUT2D eigenvalue weighted by molar-refractivity contribution is 9.10. The largest absolute Gasteiger partial charge is 0.452 e. The van der Waals surface area contributed by atoms with Crippen LogP contribution in [0.3, 0.4) is 0 Å². The number of esters is 1. The van der Waals surface area contributed by atoms with Gasteiger partial charge in [-0.05, 0) is 42.0 Å². The number of ether oxygens (including phenoxy) is 1. The van der Waals surface area contributed by atoms with E-state index in [4.69, 9.17) is 10.00 Å². The molecule has 2 rings (SSSR count). The van der Waals surface area contributed by atoms with Crippen molar-refractivity contribution in [1.82, 2.24) is 4.90 Å². The molecule has 0 aliphatic rings. The van der Waals surface area contributed by atoms with Gasteiger partial charge in [0.15, 0.2) is 6.61 Å². The number of benzene rings is 2. The van der Waals surface area contributed by atoms with E-state index in [0.29, 0.717) is 17.7 Å². The number of rotatable bonds is 5. The van der Waals surface area contributed by atoms with Crippen LogP contribution < -0.4 is 0 Å². The predicted octanol–water partition coefficient (Wildman–Crippen LogP) is 3.14. The molecule has 0 fully saturated rings. The number of carbonyl (C=O) groups excluding carboxylic acids is 2. The highest BCUT2D eigenvalue weighted by Gasteiger charge is 2.14. The van der Waals surface area contributed by atoms with E-state index in [1.54, 1.807) is 7.05 Å². The van der Waals surface area contributed by atoms with Crippen LogP contribution in [0.15, 0.2) is 53.0 Å². The van der Waals surface area contributed by atoms with E-state index in [0.717, 1.165) is 10.0 Å². The standard InChI is InChI=1S/C18H15BrN2O3/c1-21(11-14-4-8-16(19)9-5-14)17(22)12-24-18(23)15-6-2-13(10-20)3-7-15/h2-9H,11-12H2,1H3. The number of likely N-dealkylation sites (N-methyl/N-ethyl adjacent to an activating group) is 1. The number of carbonyl (C=O) groups is 2. The Labute approximate surface area is 148 Å². The van der Waals surface area contributed by atoms with Gasteiger partial charge in [0.2, 0.25) is 0 Å². The number of hydrogen-bond acceptors (Lipinski definition) is 4. The van der Waals surface area contributed by atoms with Gasteiger partial charge < -0.3 is 9.64 Å². The molecular formula is C18H15BrN2O3. The quantitative estimate of drug-likeness (QED) is 0.740. The van der Waals surface area contributed by atoms with Crippen molar-refractivity contribution in [2.24, 2.45) is 0 Å². The monoisotopic (exact) mass is 386 g/mol. The van der Waals surface area contributed by atoms with Crippen molar-refractivity contribution >= 4 is 27.8 Å². The summed E-state index contributed by atoms with van der Waals surface area (Å²) in [6.45, 7) is 0.104. The van der Waals surface area contributed by atoms with Gasteiger partial charge in [-0.15, -0.1) is 0 Å². The van der Waals surface area contributed by atoms with Crippen molar-refractivity contribution in [2.45, 2.75) is 6.54 Å². The molecule has 1 amide bonds. The van der Waals surface area contributed by atoms with Crippen LogP contribution in [-0.2, 0) is 16.1 Å². The van der Waals surface area contributed by atoms with Crippen molar-refractivity contribution in [3.05, 3.63) is 69.7 Å². The average molecular weight is 387 g/mol. The third-order valence-corrected chi connectivity index (χ3v) is 3.86. The molecule has 0 aliphatic carbocycles. The van der Waals surface area contributed by atoms with Gasteiger partial charge in [-0.25, -0.2) is 4.79 Å². The van der Waals surface area contributed by atoms with Crippen molar-refractivity contribution in [3.63, 3.8) is 0 Å². The summed E-state index contributed by atoms with van der Waals surface area (Å²) in [5, 5.41) is 8.72. The lowest BCUT2D eigenvalue weighted by molar-refractivity contribution is -0.133. The Bertz CT molecular complexity index is 764. The number of nitrogens with zero attached hydrogens (tertiary/aromatic N) is 2. The second-order valence-electron chi connectivity index (χ2n) is 5.14. The smallest absolute Gasteiger partial charge is 0.338 e. The van der Waals surface area contributed by atoms with E-state index in [1.165, 1.54) is 29.2 Å². The molecule has 0 atom stereocenters. The minimum atomic E-state index is -0.593. The first-order valence-corrected chi connectivity index (χ1v) is 7.94. The maximum Gasteiger partial charge on any atom is 0.338 e. The van der Waals surface area contributed by atoms with Gasteiger partial charge >= 0.3 is 5.97 Å². The molecule has 0 radical (unpaired) electrons. The summed E-state index contributed by atoms with van der Waals surface area (Å²) < 4.78 is 5.99. The van der Waals surface area contributed by atoms with Gasteiger partial charge in [-0.1, -0.05) is 28.1 Å². The van der Waals surface area contributed by atoms with Crippen LogP contribution in [0.5, 0.6) is 0 Å². The lowest BCUT2D eigenvalue weighted by atomic mass is 10.1. The predicted molar refractivity (Wildman–Crippen MR) is 92.1 cm³/mol.